The minimum Gasteiger partial charge on any atom is -0.480 e. The minimum atomic E-state index is -1.37. The smallest absolute Gasteiger partial charge is 0.324 e. The molecule has 5 nitrogen and oxygen atoms in total. The Morgan fingerprint density at radius 1 is 1.56 bits per heavy atom. The van der Waals surface area contributed by atoms with Crippen molar-refractivity contribution in [3.63, 3.8) is 0 Å². The molecule has 0 unspecified atom stereocenters. The topological polar surface area (TPSA) is 75.6 Å². The third-order valence-electron chi connectivity index (χ3n) is 3.15. The van der Waals surface area contributed by atoms with Gasteiger partial charge in [0.2, 0.25) is 5.91 Å². The highest BCUT2D eigenvalue weighted by atomic mass is 32.1. The SMILES string of the molecule is Cc1ccsc1CCNC(=O)C1(C(=O)O)COC1. The first-order valence-electron chi connectivity index (χ1n) is 5.69. The molecule has 1 aliphatic heterocycles. The zero-order valence-corrected chi connectivity index (χ0v) is 10.9. The number of aryl methyl sites for hydroxylation is 1. The van der Waals surface area contributed by atoms with Crippen LogP contribution >= 0.6 is 11.3 Å². The van der Waals surface area contributed by atoms with Crippen LogP contribution < -0.4 is 5.32 Å². The second-order valence-electron chi connectivity index (χ2n) is 4.41. The lowest BCUT2D eigenvalue weighted by Crippen LogP contribution is -2.59. The van der Waals surface area contributed by atoms with Gasteiger partial charge in [0, 0.05) is 11.4 Å². The molecule has 2 heterocycles. The Morgan fingerprint density at radius 3 is 2.72 bits per heavy atom. The third-order valence-corrected chi connectivity index (χ3v) is 4.23. The number of carbonyl (C=O) groups is 2. The van der Waals surface area contributed by atoms with Crippen LogP contribution in [0.3, 0.4) is 0 Å². The molecule has 98 valence electrons. The van der Waals surface area contributed by atoms with Crippen LogP contribution in [0.4, 0.5) is 0 Å². The number of thiophene rings is 1. The van der Waals surface area contributed by atoms with E-state index in [1.165, 1.54) is 10.4 Å². The average molecular weight is 269 g/mol. The number of ether oxygens (including phenoxy) is 1. The molecule has 0 radical (unpaired) electrons. The molecule has 1 aromatic rings. The summed E-state index contributed by atoms with van der Waals surface area (Å²) in [7, 11) is 0. The zero-order chi connectivity index (χ0) is 13.2. The predicted octanol–water partition coefficient (Wildman–Crippen LogP) is 0.816. The van der Waals surface area contributed by atoms with Gasteiger partial charge in [0.05, 0.1) is 13.2 Å². The van der Waals surface area contributed by atoms with E-state index in [9.17, 15) is 9.59 Å². The first-order chi connectivity index (χ1) is 8.56. The summed E-state index contributed by atoms with van der Waals surface area (Å²) in [6, 6.07) is 2.03. The van der Waals surface area contributed by atoms with Gasteiger partial charge in [-0.25, -0.2) is 0 Å². The first-order valence-corrected chi connectivity index (χ1v) is 6.56. The van der Waals surface area contributed by atoms with Gasteiger partial charge < -0.3 is 15.2 Å². The quantitative estimate of drug-likeness (QED) is 0.776. The lowest BCUT2D eigenvalue weighted by Gasteiger charge is -2.35. The summed E-state index contributed by atoms with van der Waals surface area (Å²) < 4.78 is 4.85. The molecule has 1 aliphatic rings. The van der Waals surface area contributed by atoms with Gasteiger partial charge in [-0.3, -0.25) is 9.59 Å². The highest BCUT2D eigenvalue weighted by Crippen LogP contribution is 2.28. The molecule has 1 fully saturated rings. The molecular formula is C12H15NO4S. The second-order valence-corrected chi connectivity index (χ2v) is 5.41. The lowest BCUT2D eigenvalue weighted by molar-refractivity contribution is -0.185. The normalized spacial score (nSPS) is 16.9. The number of carboxylic acid groups (broad SMARTS) is 1. The molecule has 6 heteroatoms. The first kappa shape index (κ1) is 13.0. The Kier molecular flexibility index (Phi) is 3.68. The highest BCUT2D eigenvalue weighted by molar-refractivity contribution is 7.10. The van der Waals surface area contributed by atoms with E-state index in [-0.39, 0.29) is 13.2 Å². The van der Waals surface area contributed by atoms with E-state index in [2.05, 4.69) is 5.32 Å². The van der Waals surface area contributed by atoms with Gasteiger partial charge >= 0.3 is 5.97 Å². The molecule has 2 rings (SSSR count). The Bertz CT molecular complexity index is 464. The number of hydrogen-bond donors (Lipinski definition) is 2. The van der Waals surface area contributed by atoms with E-state index < -0.39 is 17.3 Å². The van der Waals surface area contributed by atoms with Gasteiger partial charge in [-0.2, -0.15) is 0 Å². The Labute approximate surface area is 109 Å². The fourth-order valence-electron chi connectivity index (χ4n) is 1.78. The van der Waals surface area contributed by atoms with Crippen molar-refractivity contribution in [3.05, 3.63) is 21.9 Å². The van der Waals surface area contributed by atoms with E-state index in [0.29, 0.717) is 6.54 Å². The van der Waals surface area contributed by atoms with Crippen LogP contribution in [0, 0.1) is 12.3 Å². The van der Waals surface area contributed by atoms with Crippen LogP contribution in [0.25, 0.3) is 0 Å². The van der Waals surface area contributed by atoms with Gasteiger partial charge in [-0.1, -0.05) is 0 Å². The number of carbonyl (C=O) groups excluding carboxylic acids is 1. The Balaban J connectivity index is 1.85. The van der Waals surface area contributed by atoms with Crippen LogP contribution in [0.2, 0.25) is 0 Å². The summed E-state index contributed by atoms with van der Waals surface area (Å²) in [6.07, 6.45) is 0.728. The fourth-order valence-corrected chi connectivity index (χ4v) is 2.69. The summed E-state index contributed by atoms with van der Waals surface area (Å²) >= 11 is 1.64. The predicted molar refractivity (Wildman–Crippen MR) is 66.7 cm³/mol. The zero-order valence-electron chi connectivity index (χ0n) is 10.1. The number of rotatable bonds is 5. The Morgan fingerprint density at radius 2 is 2.28 bits per heavy atom. The van der Waals surface area contributed by atoms with Gasteiger partial charge in [0.25, 0.3) is 0 Å². The third kappa shape index (κ3) is 2.26. The largest absolute Gasteiger partial charge is 0.480 e. The summed E-state index contributed by atoms with van der Waals surface area (Å²) in [5.41, 5.74) is -0.168. The van der Waals surface area contributed by atoms with Crippen LogP contribution in [-0.2, 0) is 20.7 Å². The number of hydrogen-bond acceptors (Lipinski definition) is 4. The molecule has 1 aromatic heterocycles. The van der Waals surface area contributed by atoms with Crippen molar-refractivity contribution in [2.45, 2.75) is 13.3 Å². The number of amides is 1. The molecule has 0 saturated carbocycles. The van der Waals surface area contributed by atoms with Crippen LogP contribution in [0.15, 0.2) is 11.4 Å². The summed E-state index contributed by atoms with van der Waals surface area (Å²) in [5, 5.41) is 13.7. The van der Waals surface area contributed by atoms with Crippen LogP contribution in [0.1, 0.15) is 10.4 Å². The Hall–Kier alpha value is -1.40. The van der Waals surface area contributed by atoms with Crippen LogP contribution in [0.5, 0.6) is 0 Å². The lowest BCUT2D eigenvalue weighted by atomic mass is 9.85. The molecule has 0 spiro atoms. The number of carboxylic acids is 1. The number of aliphatic carboxylic acids is 1. The standard InChI is InChI=1S/C12H15NO4S/c1-8-3-5-18-9(8)2-4-13-10(14)12(11(15)16)6-17-7-12/h3,5H,2,4,6-7H2,1H3,(H,13,14)(H,15,16). The highest BCUT2D eigenvalue weighted by Gasteiger charge is 2.53. The molecule has 0 bridgehead atoms. The monoisotopic (exact) mass is 269 g/mol. The maximum absolute atomic E-state index is 11.8. The molecule has 0 atom stereocenters. The van der Waals surface area contributed by atoms with Crippen molar-refractivity contribution in [2.24, 2.45) is 5.41 Å². The van der Waals surface area contributed by atoms with Crippen molar-refractivity contribution in [1.29, 1.82) is 0 Å². The van der Waals surface area contributed by atoms with Crippen molar-refractivity contribution in [2.75, 3.05) is 19.8 Å². The van der Waals surface area contributed by atoms with Gasteiger partial charge in [-0.15, -0.1) is 11.3 Å². The van der Waals surface area contributed by atoms with Crippen molar-refractivity contribution in [1.82, 2.24) is 5.32 Å². The molecule has 1 saturated heterocycles. The molecule has 0 aromatic carbocycles. The van der Waals surface area contributed by atoms with Crippen molar-refractivity contribution in [3.8, 4) is 0 Å². The van der Waals surface area contributed by atoms with E-state index in [1.54, 1.807) is 11.3 Å². The average Bonchev–Trinajstić information content (AvgIpc) is 2.62. The minimum absolute atomic E-state index is 0.0355. The van der Waals surface area contributed by atoms with E-state index in [0.717, 1.165) is 6.42 Å². The van der Waals surface area contributed by atoms with Crippen molar-refractivity contribution >= 4 is 23.2 Å². The molecule has 2 N–H and O–H groups in total. The molecule has 1 amide bonds. The van der Waals surface area contributed by atoms with E-state index >= 15 is 0 Å². The van der Waals surface area contributed by atoms with E-state index in [1.807, 2.05) is 18.4 Å². The van der Waals surface area contributed by atoms with Gasteiger partial charge in [0.1, 0.15) is 0 Å². The summed E-state index contributed by atoms with van der Waals surface area (Å²) in [6.45, 7) is 2.40. The molecule has 18 heavy (non-hydrogen) atoms. The second kappa shape index (κ2) is 5.07. The van der Waals surface area contributed by atoms with Gasteiger partial charge in [-0.05, 0) is 30.4 Å². The van der Waals surface area contributed by atoms with Gasteiger partial charge in [0.15, 0.2) is 5.41 Å². The maximum atomic E-state index is 11.8. The molecule has 0 aliphatic carbocycles. The molecular weight excluding hydrogens is 254 g/mol. The number of nitrogens with one attached hydrogen (secondary N) is 1. The maximum Gasteiger partial charge on any atom is 0.324 e. The van der Waals surface area contributed by atoms with E-state index in [4.69, 9.17) is 9.84 Å². The fraction of sp³-hybridized carbons (Fsp3) is 0.500. The van der Waals surface area contributed by atoms with Crippen LogP contribution in [-0.4, -0.2) is 36.7 Å². The van der Waals surface area contributed by atoms with Crippen molar-refractivity contribution < 1.29 is 19.4 Å². The summed E-state index contributed by atoms with van der Waals surface area (Å²) in [5.74, 6) is -1.56. The summed E-state index contributed by atoms with van der Waals surface area (Å²) in [4.78, 5) is 24.1.